The number of ether oxygens (including phenoxy) is 1. The molecule has 1 aromatic heterocycles. The smallest absolute Gasteiger partial charge is 0.387 e. The Morgan fingerprint density at radius 1 is 1.11 bits per heavy atom. The van der Waals surface area contributed by atoms with Gasteiger partial charge in [-0.05, 0) is 46.3 Å². The van der Waals surface area contributed by atoms with Crippen LogP contribution in [0.4, 0.5) is 17.2 Å². The van der Waals surface area contributed by atoms with E-state index in [9.17, 15) is 10.1 Å². The molecule has 0 aliphatic carbocycles. The van der Waals surface area contributed by atoms with Crippen molar-refractivity contribution in [2.24, 2.45) is 0 Å². The van der Waals surface area contributed by atoms with Gasteiger partial charge < -0.3 is 20.2 Å². The predicted molar refractivity (Wildman–Crippen MR) is 107 cm³/mol. The zero-order valence-electron chi connectivity index (χ0n) is 13.8. The second kappa shape index (κ2) is 8.31. The molecule has 0 unspecified atom stereocenters. The van der Waals surface area contributed by atoms with Gasteiger partial charge in [0.25, 0.3) is 0 Å². The second-order valence-electron chi connectivity index (χ2n) is 5.41. The van der Waals surface area contributed by atoms with Crippen LogP contribution in [0.1, 0.15) is 5.56 Å². The number of nitrogens with zero attached hydrogens (tertiary/aromatic N) is 3. The molecular formula is C18H9Cl3N4O3. The lowest BCUT2D eigenvalue weighted by atomic mass is 10.2. The molecule has 3 aromatic rings. The third-order valence-electron chi connectivity index (χ3n) is 3.49. The molecule has 10 heteroatoms. The quantitative estimate of drug-likeness (QED) is 0.370. The van der Waals surface area contributed by atoms with Gasteiger partial charge in [0.2, 0.25) is 0 Å². The van der Waals surface area contributed by atoms with Crippen LogP contribution in [0.15, 0.2) is 48.7 Å². The number of pyridine rings is 1. The van der Waals surface area contributed by atoms with Crippen molar-refractivity contribution in [3.8, 4) is 17.6 Å². The Hall–Kier alpha value is -3.05. The molecule has 3 rings (SSSR count). The van der Waals surface area contributed by atoms with Crippen LogP contribution in [0.3, 0.4) is 0 Å². The first-order chi connectivity index (χ1) is 13.4. The molecule has 0 aliphatic heterocycles. The average molecular weight is 436 g/mol. The van der Waals surface area contributed by atoms with Crippen LogP contribution in [0.2, 0.25) is 15.1 Å². The van der Waals surface area contributed by atoms with E-state index < -0.39 is 10.7 Å². The molecule has 0 saturated heterocycles. The molecule has 0 amide bonds. The molecule has 7 nitrogen and oxygen atoms in total. The average Bonchev–Trinajstić information content (AvgIpc) is 2.65. The van der Waals surface area contributed by atoms with Gasteiger partial charge in [0.05, 0.1) is 21.7 Å². The third-order valence-corrected chi connectivity index (χ3v) is 4.27. The summed E-state index contributed by atoms with van der Waals surface area (Å²) in [6.07, 6.45) is 1.18. The minimum Gasteiger partial charge on any atom is -0.450 e. The van der Waals surface area contributed by atoms with Crippen molar-refractivity contribution >= 4 is 52.0 Å². The number of aromatic nitrogens is 1. The largest absolute Gasteiger partial charge is 0.450 e. The third kappa shape index (κ3) is 4.43. The molecule has 2 aromatic carbocycles. The first-order valence-electron chi connectivity index (χ1n) is 7.61. The Kier molecular flexibility index (Phi) is 5.85. The Labute approximate surface area is 174 Å². The normalized spacial score (nSPS) is 10.2. The summed E-state index contributed by atoms with van der Waals surface area (Å²) in [6, 6.07) is 12.7. The van der Waals surface area contributed by atoms with Gasteiger partial charge >= 0.3 is 5.82 Å². The highest BCUT2D eigenvalue weighted by Gasteiger charge is 2.19. The SMILES string of the molecule is N#Cc1ccc(Nc2cc(Oc3c(Cl)cc(Cl)cc3Cl)cnc2[N+](=O)[O-])cc1. The molecular weight excluding hydrogens is 427 g/mol. The maximum atomic E-state index is 11.3. The maximum absolute atomic E-state index is 11.3. The van der Waals surface area contributed by atoms with E-state index in [1.807, 2.05) is 6.07 Å². The summed E-state index contributed by atoms with van der Waals surface area (Å²) in [5.41, 5.74) is 1.08. The van der Waals surface area contributed by atoms with E-state index in [1.54, 1.807) is 24.3 Å². The van der Waals surface area contributed by atoms with Crippen molar-refractivity contribution < 1.29 is 9.66 Å². The summed E-state index contributed by atoms with van der Waals surface area (Å²) in [5.74, 6) is -0.0782. The standard InChI is InChI=1S/C18H9Cl3N4O3/c19-11-5-14(20)17(15(21)6-11)28-13-7-16(18(23-9-13)25(26)27)24-12-3-1-10(8-22)2-4-12/h1-7,9,24H. The number of anilines is 2. The first-order valence-corrected chi connectivity index (χ1v) is 8.75. The highest BCUT2D eigenvalue weighted by atomic mass is 35.5. The topological polar surface area (TPSA) is 101 Å². The van der Waals surface area contributed by atoms with E-state index in [2.05, 4.69) is 10.3 Å². The van der Waals surface area contributed by atoms with Crippen LogP contribution >= 0.6 is 34.8 Å². The van der Waals surface area contributed by atoms with Crippen LogP contribution < -0.4 is 10.1 Å². The molecule has 28 heavy (non-hydrogen) atoms. The van der Waals surface area contributed by atoms with E-state index in [0.29, 0.717) is 16.3 Å². The summed E-state index contributed by atoms with van der Waals surface area (Å²) < 4.78 is 5.65. The van der Waals surface area contributed by atoms with Crippen molar-refractivity contribution in [3.63, 3.8) is 0 Å². The van der Waals surface area contributed by atoms with Gasteiger partial charge in [-0.25, -0.2) is 0 Å². The van der Waals surface area contributed by atoms with Crippen molar-refractivity contribution in [1.29, 1.82) is 5.26 Å². The van der Waals surface area contributed by atoms with Crippen LogP contribution in [-0.2, 0) is 0 Å². The Bertz CT molecular complexity index is 1080. The van der Waals surface area contributed by atoms with Gasteiger partial charge in [0.1, 0.15) is 5.69 Å². The fraction of sp³-hybridized carbons (Fsp3) is 0. The summed E-state index contributed by atoms with van der Waals surface area (Å²) in [5, 5.41) is 23.7. The molecule has 0 saturated carbocycles. The molecule has 0 radical (unpaired) electrons. The highest BCUT2D eigenvalue weighted by molar-refractivity contribution is 6.40. The molecule has 1 N–H and O–H groups in total. The van der Waals surface area contributed by atoms with Gasteiger partial charge in [-0.15, -0.1) is 0 Å². The lowest BCUT2D eigenvalue weighted by molar-refractivity contribution is -0.388. The number of hydrogen-bond acceptors (Lipinski definition) is 6. The minimum atomic E-state index is -0.627. The molecule has 0 spiro atoms. The molecule has 140 valence electrons. The Morgan fingerprint density at radius 2 is 1.75 bits per heavy atom. The summed E-state index contributed by atoms with van der Waals surface area (Å²) >= 11 is 18.1. The minimum absolute atomic E-state index is 0.0911. The first kappa shape index (κ1) is 19.7. The zero-order chi connectivity index (χ0) is 20.3. The van der Waals surface area contributed by atoms with Crippen LogP contribution in [-0.4, -0.2) is 9.91 Å². The number of hydrogen-bond donors (Lipinski definition) is 1. The second-order valence-corrected chi connectivity index (χ2v) is 6.66. The molecule has 0 fully saturated rings. The summed E-state index contributed by atoms with van der Waals surface area (Å²) in [7, 11) is 0. The molecule has 0 aliphatic rings. The zero-order valence-corrected chi connectivity index (χ0v) is 16.1. The molecule has 1 heterocycles. The van der Waals surface area contributed by atoms with Crippen LogP contribution in [0, 0.1) is 21.4 Å². The number of benzene rings is 2. The molecule has 0 bridgehead atoms. The number of nitro groups is 1. The van der Waals surface area contributed by atoms with Gasteiger partial charge in [-0.3, -0.25) is 0 Å². The van der Waals surface area contributed by atoms with Crippen LogP contribution in [0.25, 0.3) is 0 Å². The monoisotopic (exact) mass is 434 g/mol. The number of rotatable bonds is 5. The maximum Gasteiger partial charge on any atom is 0.387 e. The van der Waals surface area contributed by atoms with Crippen molar-refractivity contribution in [2.75, 3.05) is 5.32 Å². The number of halogens is 3. The number of nitrogens with one attached hydrogen (secondary N) is 1. The van der Waals surface area contributed by atoms with Crippen molar-refractivity contribution in [3.05, 3.63) is 79.4 Å². The van der Waals surface area contributed by atoms with E-state index >= 15 is 0 Å². The summed E-state index contributed by atoms with van der Waals surface area (Å²) in [4.78, 5) is 14.5. The fourth-order valence-electron chi connectivity index (χ4n) is 2.26. The predicted octanol–water partition coefficient (Wildman–Crippen LogP) is 6.36. The number of nitriles is 1. The highest BCUT2D eigenvalue weighted by Crippen LogP contribution is 2.40. The summed E-state index contributed by atoms with van der Waals surface area (Å²) in [6.45, 7) is 0. The molecule has 0 atom stereocenters. The van der Waals surface area contributed by atoms with Crippen LogP contribution in [0.5, 0.6) is 11.5 Å². The van der Waals surface area contributed by atoms with E-state index in [4.69, 9.17) is 44.8 Å². The van der Waals surface area contributed by atoms with E-state index in [0.717, 1.165) is 0 Å². The van der Waals surface area contributed by atoms with Gasteiger partial charge in [-0.2, -0.15) is 5.26 Å². The van der Waals surface area contributed by atoms with Crippen molar-refractivity contribution in [1.82, 2.24) is 4.98 Å². The lowest BCUT2D eigenvalue weighted by Crippen LogP contribution is -2.00. The fourth-order valence-corrected chi connectivity index (χ4v) is 3.15. The van der Waals surface area contributed by atoms with Gasteiger partial charge in [0, 0.05) is 16.8 Å². The van der Waals surface area contributed by atoms with Gasteiger partial charge in [-0.1, -0.05) is 34.8 Å². The van der Waals surface area contributed by atoms with Crippen molar-refractivity contribution in [2.45, 2.75) is 0 Å². The Balaban J connectivity index is 1.95. The lowest BCUT2D eigenvalue weighted by Gasteiger charge is -2.11. The van der Waals surface area contributed by atoms with E-state index in [1.165, 1.54) is 24.4 Å². The van der Waals surface area contributed by atoms with E-state index in [-0.39, 0.29) is 27.2 Å². The van der Waals surface area contributed by atoms with Gasteiger partial charge in [0.15, 0.2) is 17.7 Å². The Morgan fingerprint density at radius 3 is 2.32 bits per heavy atom.